The molecule has 0 unspecified atom stereocenters. The Kier molecular flexibility index (Phi) is 6.01. The van der Waals surface area contributed by atoms with Gasteiger partial charge in [0.25, 0.3) is 15.9 Å². The molecule has 0 aliphatic carbocycles. The number of rotatable bonds is 7. The summed E-state index contributed by atoms with van der Waals surface area (Å²) in [5.74, 6) is -0.755. The van der Waals surface area contributed by atoms with Crippen LogP contribution < -0.4 is 24.5 Å². The first-order valence-corrected chi connectivity index (χ1v) is 8.68. The van der Waals surface area contributed by atoms with Crippen molar-refractivity contribution in [1.82, 2.24) is 10.3 Å². The van der Waals surface area contributed by atoms with E-state index in [4.69, 9.17) is 14.2 Å². The van der Waals surface area contributed by atoms with Crippen molar-refractivity contribution in [3.8, 4) is 17.2 Å². The lowest BCUT2D eigenvalue weighted by molar-refractivity contribution is 0.0944. The molecular formula is C16H17FN2O6S. The molecule has 0 radical (unpaired) electrons. The molecule has 0 aromatic heterocycles. The van der Waals surface area contributed by atoms with Crippen LogP contribution in [0.25, 0.3) is 0 Å². The topological polar surface area (TPSA) is 103 Å². The van der Waals surface area contributed by atoms with Crippen LogP contribution in [-0.2, 0) is 10.0 Å². The van der Waals surface area contributed by atoms with Crippen LogP contribution in [0.3, 0.4) is 0 Å². The Morgan fingerprint density at radius 2 is 1.62 bits per heavy atom. The van der Waals surface area contributed by atoms with Gasteiger partial charge in [-0.3, -0.25) is 10.2 Å². The van der Waals surface area contributed by atoms with Crippen molar-refractivity contribution in [1.29, 1.82) is 0 Å². The highest BCUT2D eigenvalue weighted by molar-refractivity contribution is 7.89. The zero-order chi connectivity index (χ0) is 19.3. The van der Waals surface area contributed by atoms with Gasteiger partial charge in [-0.2, -0.15) is 0 Å². The second-order valence-electron chi connectivity index (χ2n) is 4.93. The van der Waals surface area contributed by atoms with E-state index in [0.29, 0.717) is 0 Å². The van der Waals surface area contributed by atoms with E-state index < -0.39 is 21.7 Å². The summed E-state index contributed by atoms with van der Waals surface area (Å²) in [6.07, 6.45) is 0. The Bertz CT molecular complexity index is 892. The fourth-order valence-electron chi connectivity index (χ4n) is 2.09. The van der Waals surface area contributed by atoms with Crippen molar-refractivity contribution < 1.29 is 31.8 Å². The number of benzene rings is 2. The Labute approximate surface area is 149 Å². The van der Waals surface area contributed by atoms with E-state index in [0.717, 1.165) is 12.1 Å². The summed E-state index contributed by atoms with van der Waals surface area (Å²) in [4.78, 5) is 13.8. The van der Waals surface area contributed by atoms with E-state index in [1.807, 2.05) is 10.3 Å². The lowest BCUT2D eigenvalue weighted by Crippen LogP contribution is -2.41. The molecule has 2 aromatic carbocycles. The van der Waals surface area contributed by atoms with Crippen molar-refractivity contribution in [2.45, 2.75) is 4.90 Å². The highest BCUT2D eigenvalue weighted by Crippen LogP contribution is 2.38. The molecule has 2 rings (SSSR count). The Morgan fingerprint density at radius 3 is 2.12 bits per heavy atom. The average molecular weight is 384 g/mol. The minimum absolute atomic E-state index is 0.0569. The number of methoxy groups -OCH3 is 3. The van der Waals surface area contributed by atoms with Gasteiger partial charge < -0.3 is 14.2 Å². The Hall–Kier alpha value is -2.85. The van der Waals surface area contributed by atoms with Gasteiger partial charge in [-0.25, -0.2) is 12.8 Å². The molecule has 0 atom stereocenters. The van der Waals surface area contributed by atoms with E-state index in [1.54, 1.807) is 0 Å². The standard InChI is InChI=1S/C16H17FN2O6S/c1-23-13-7-10(8-14(24-2)15(13)25-3)16(20)18-19-26(21,22)12-6-4-5-11(17)9-12/h4-9,19H,1-3H3,(H,18,20). The molecule has 0 aliphatic heterocycles. The van der Waals surface area contributed by atoms with Gasteiger partial charge in [0.15, 0.2) is 11.5 Å². The maximum atomic E-state index is 13.2. The first-order chi connectivity index (χ1) is 12.3. The lowest BCUT2D eigenvalue weighted by atomic mass is 10.1. The zero-order valence-corrected chi connectivity index (χ0v) is 15.0. The third-order valence-electron chi connectivity index (χ3n) is 3.33. The lowest BCUT2D eigenvalue weighted by Gasteiger charge is -2.14. The first-order valence-electron chi connectivity index (χ1n) is 7.20. The summed E-state index contributed by atoms with van der Waals surface area (Å²) >= 11 is 0. The van der Waals surface area contributed by atoms with Crippen LogP contribution in [0.1, 0.15) is 10.4 Å². The van der Waals surface area contributed by atoms with Crippen molar-refractivity contribution in [2.75, 3.05) is 21.3 Å². The predicted molar refractivity (Wildman–Crippen MR) is 90.3 cm³/mol. The molecule has 2 aromatic rings. The second-order valence-corrected chi connectivity index (χ2v) is 6.61. The van der Waals surface area contributed by atoms with Gasteiger partial charge in [0.2, 0.25) is 5.75 Å². The number of carbonyl (C=O) groups is 1. The van der Waals surface area contributed by atoms with E-state index in [9.17, 15) is 17.6 Å². The molecule has 2 N–H and O–H groups in total. The first kappa shape index (κ1) is 19.5. The van der Waals surface area contributed by atoms with Crippen LogP contribution in [0, 0.1) is 5.82 Å². The molecule has 0 bridgehead atoms. The number of hydrazine groups is 1. The minimum atomic E-state index is -4.14. The van der Waals surface area contributed by atoms with E-state index in [1.165, 1.54) is 45.6 Å². The van der Waals surface area contributed by atoms with Gasteiger partial charge in [-0.05, 0) is 30.3 Å². The van der Waals surface area contributed by atoms with Crippen molar-refractivity contribution in [3.63, 3.8) is 0 Å². The zero-order valence-electron chi connectivity index (χ0n) is 14.2. The average Bonchev–Trinajstić information content (AvgIpc) is 2.64. The Morgan fingerprint density at radius 1 is 1.00 bits per heavy atom. The van der Waals surface area contributed by atoms with Crippen LogP contribution in [0.5, 0.6) is 17.2 Å². The summed E-state index contributed by atoms with van der Waals surface area (Å²) < 4.78 is 52.8. The predicted octanol–water partition coefficient (Wildman–Crippen LogP) is 1.47. The van der Waals surface area contributed by atoms with E-state index >= 15 is 0 Å². The largest absolute Gasteiger partial charge is 0.493 e. The summed E-state index contributed by atoms with van der Waals surface area (Å²) in [7, 11) is 0.0320. The highest BCUT2D eigenvalue weighted by Gasteiger charge is 2.19. The third kappa shape index (κ3) is 4.21. The molecule has 1 amide bonds. The number of ether oxygens (including phenoxy) is 3. The number of amides is 1. The Balaban J connectivity index is 2.22. The molecule has 0 fully saturated rings. The molecule has 0 saturated carbocycles. The van der Waals surface area contributed by atoms with Crippen LogP contribution in [0.2, 0.25) is 0 Å². The number of halogens is 1. The smallest absolute Gasteiger partial charge is 0.266 e. The highest BCUT2D eigenvalue weighted by atomic mass is 32.2. The van der Waals surface area contributed by atoms with Gasteiger partial charge in [0.1, 0.15) is 5.82 Å². The second kappa shape index (κ2) is 8.02. The summed E-state index contributed by atoms with van der Waals surface area (Å²) in [5, 5.41) is 0. The van der Waals surface area contributed by atoms with E-state index in [-0.39, 0.29) is 27.7 Å². The van der Waals surface area contributed by atoms with Crippen LogP contribution in [0.15, 0.2) is 41.3 Å². The maximum absolute atomic E-state index is 13.2. The van der Waals surface area contributed by atoms with Crippen molar-refractivity contribution >= 4 is 15.9 Å². The molecule has 0 saturated heterocycles. The summed E-state index contributed by atoms with van der Waals surface area (Å²) in [6.45, 7) is 0. The summed E-state index contributed by atoms with van der Waals surface area (Å²) in [5.41, 5.74) is 2.10. The fourth-order valence-corrected chi connectivity index (χ4v) is 2.96. The van der Waals surface area contributed by atoms with Crippen LogP contribution in [-0.4, -0.2) is 35.7 Å². The molecule has 140 valence electrons. The summed E-state index contributed by atoms with van der Waals surface area (Å²) in [6, 6.07) is 7.07. The quantitative estimate of drug-likeness (QED) is 0.701. The normalized spacial score (nSPS) is 10.9. The van der Waals surface area contributed by atoms with Gasteiger partial charge in [0.05, 0.1) is 26.2 Å². The molecular weight excluding hydrogens is 367 g/mol. The molecule has 10 heteroatoms. The number of hydrogen-bond acceptors (Lipinski definition) is 6. The maximum Gasteiger partial charge on any atom is 0.266 e. The number of carbonyl (C=O) groups excluding carboxylic acids is 1. The number of nitrogens with one attached hydrogen (secondary N) is 2. The number of hydrogen-bond donors (Lipinski definition) is 2. The SMILES string of the molecule is COc1cc(C(=O)NNS(=O)(=O)c2cccc(F)c2)cc(OC)c1OC. The number of sulfonamides is 1. The molecule has 26 heavy (non-hydrogen) atoms. The van der Waals surface area contributed by atoms with Crippen LogP contribution >= 0.6 is 0 Å². The van der Waals surface area contributed by atoms with Gasteiger partial charge >= 0.3 is 0 Å². The minimum Gasteiger partial charge on any atom is -0.493 e. The van der Waals surface area contributed by atoms with Crippen molar-refractivity contribution in [2.24, 2.45) is 0 Å². The van der Waals surface area contributed by atoms with Gasteiger partial charge in [0, 0.05) is 5.56 Å². The third-order valence-corrected chi connectivity index (χ3v) is 4.58. The molecule has 0 heterocycles. The van der Waals surface area contributed by atoms with E-state index in [2.05, 4.69) is 0 Å². The fraction of sp³-hybridized carbons (Fsp3) is 0.188. The van der Waals surface area contributed by atoms with Crippen molar-refractivity contribution in [3.05, 3.63) is 47.8 Å². The molecule has 0 aliphatic rings. The molecule has 0 spiro atoms. The monoisotopic (exact) mass is 384 g/mol. The van der Waals surface area contributed by atoms with Gasteiger partial charge in [-0.1, -0.05) is 6.07 Å². The van der Waals surface area contributed by atoms with Gasteiger partial charge in [-0.15, -0.1) is 4.83 Å². The molecule has 8 nitrogen and oxygen atoms in total. The van der Waals surface area contributed by atoms with Crippen LogP contribution in [0.4, 0.5) is 4.39 Å².